The van der Waals surface area contributed by atoms with Crippen LogP contribution in [0.4, 0.5) is 0 Å². The molecule has 3 saturated heterocycles. The minimum atomic E-state index is -0.439. The van der Waals surface area contributed by atoms with Gasteiger partial charge in [0, 0.05) is 38.8 Å². The van der Waals surface area contributed by atoms with Crippen molar-refractivity contribution in [2.75, 3.05) is 32.8 Å². The first-order valence-corrected chi connectivity index (χ1v) is 10.1. The van der Waals surface area contributed by atoms with Gasteiger partial charge in [-0.05, 0) is 55.2 Å². The van der Waals surface area contributed by atoms with E-state index in [2.05, 4.69) is 15.9 Å². The van der Waals surface area contributed by atoms with Crippen molar-refractivity contribution in [3.8, 4) is 5.75 Å². The molecule has 3 aliphatic heterocycles. The van der Waals surface area contributed by atoms with Crippen molar-refractivity contribution in [2.24, 2.45) is 17.6 Å². The van der Waals surface area contributed by atoms with E-state index in [1.807, 2.05) is 18.2 Å². The van der Waals surface area contributed by atoms with E-state index < -0.39 is 5.91 Å². The number of nitrogens with zero attached hydrogens (tertiary/aromatic N) is 2. The van der Waals surface area contributed by atoms with E-state index in [0.717, 1.165) is 30.2 Å². The zero-order chi connectivity index (χ0) is 17.9. The third-order valence-corrected chi connectivity index (χ3v) is 6.31. The van der Waals surface area contributed by atoms with Crippen molar-refractivity contribution in [1.29, 1.82) is 0 Å². The van der Waals surface area contributed by atoms with Crippen molar-refractivity contribution in [3.05, 3.63) is 29.8 Å². The van der Waals surface area contributed by atoms with E-state index in [1.54, 1.807) is 0 Å². The maximum Gasteiger partial charge on any atom is 0.255 e. The van der Waals surface area contributed by atoms with Gasteiger partial charge >= 0.3 is 0 Å². The van der Waals surface area contributed by atoms with E-state index in [4.69, 9.17) is 10.5 Å². The number of ether oxygens (including phenoxy) is 1. The Morgan fingerprint density at radius 2 is 2.04 bits per heavy atom. The van der Waals surface area contributed by atoms with Crippen LogP contribution in [-0.2, 0) is 11.3 Å². The van der Waals surface area contributed by atoms with Crippen LogP contribution in [0.1, 0.15) is 37.7 Å². The van der Waals surface area contributed by atoms with E-state index in [-0.39, 0.29) is 6.61 Å². The number of hydrogen-bond donors (Lipinski definition) is 1. The summed E-state index contributed by atoms with van der Waals surface area (Å²) in [5.41, 5.74) is 6.42. The molecule has 3 heterocycles. The van der Waals surface area contributed by atoms with Gasteiger partial charge in [0.25, 0.3) is 5.91 Å². The first kappa shape index (κ1) is 17.8. The summed E-state index contributed by atoms with van der Waals surface area (Å²) in [6.45, 7) is 5.88. The summed E-state index contributed by atoms with van der Waals surface area (Å²) >= 11 is 0. The number of carbonyl (C=O) groups excluding carboxylic acids is 1. The highest BCUT2D eigenvalue weighted by molar-refractivity contribution is 5.75. The van der Waals surface area contributed by atoms with Crippen molar-refractivity contribution < 1.29 is 9.53 Å². The van der Waals surface area contributed by atoms with Gasteiger partial charge in [0.1, 0.15) is 5.75 Å². The van der Waals surface area contributed by atoms with Crippen LogP contribution < -0.4 is 10.5 Å². The van der Waals surface area contributed by atoms with Gasteiger partial charge in [-0.3, -0.25) is 14.6 Å². The van der Waals surface area contributed by atoms with E-state index in [0.29, 0.717) is 0 Å². The molecule has 1 aromatic carbocycles. The Morgan fingerprint density at radius 3 is 2.81 bits per heavy atom. The Hall–Kier alpha value is -1.59. The fourth-order valence-electron chi connectivity index (χ4n) is 4.78. The van der Waals surface area contributed by atoms with Crippen LogP contribution >= 0.6 is 0 Å². The number of piperidine rings is 1. The topological polar surface area (TPSA) is 58.8 Å². The number of primary amides is 1. The van der Waals surface area contributed by atoms with Gasteiger partial charge in [-0.1, -0.05) is 18.6 Å². The van der Waals surface area contributed by atoms with Crippen LogP contribution in [0.3, 0.4) is 0 Å². The number of fused-ring (bicyclic) bond motifs is 4. The van der Waals surface area contributed by atoms with Crippen LogP contribution in [0.2, 0.25) is 0 Å². The quantitative estimate of drug-likeness (QED) is 0.813. The Bertz CT molecular complexity index is 631. The largest absolute Gasteiger partial charge is 0.484 e. The lowest BCUT2D eigenvalue weighted by Gasteiger charge is -2.40. The molecular formula is C21H31N3O2. The average Bonchev–Trinajstić information content (AvgIpc) is 2.87. The molecule has 1 aliphatic carbocycles. The second kappa shape index (κ2) is 7.97. The van der Waals surface area contributed by atoms with Crippen LogP contribution in [0, 0.1) is 11.8 Å². The first-order valence-electron chi connectivity index (χ1n) is 10.1. The molecule has 0 radical (unpaired) electrons. The highest BCUT2D eigenvalue weighted by Crippen LogP contribution is 2.33. The molecule has 1 aromatic rings. The van der Waals surface area contributed by atoms with Crippen molar-refractivity contribution in [3.63, 3.8) is 0 Å². The van der Waals surface area contributed by atoms with Gasteiger partial charge in [-0.25, -0.2) is 0 Å². The van der Waals surface area contributed by atoms with Crippen LogP contribution in [-0.4, -0.2) is 54.5 Å². The van der Waals surface area contributed by atoms with E-state index >= 15 is 0 Å². The van der Waals surface area contributed by atoms with Gasteiger partial charge in [-0.15, -0.1) is 0 Å². The number of nitrogens with two attached hydrogens (primary N) is 1. The molecule has 1 amide bonds. The summed E-state index contributed by atoms with van der Waals surface area (Å²) in [6, 6.07) is 8.81. The molecule has 0 spiro atoms. The third kappa shape index (κ3) is 4.38. The minimum absolute atomic E-state index is 0.0621. The van der Waals surface area contributed by atoms with Crippen LogP contribution in [0.25, 0.3) is 0 Å². The highest BCUT2D eigenvalue weighted by atomic mass is 16.5. The summed E-state index contributed by atoms with van der Waals surface area (Å²) < 4.78 is 5.45. The zero-order valence-electron chi connectivity index (χ0n) is 15.6. The summed E-state index contributed by atoms with van der Waals surface area (Å²) in [5, 5.41) is 0. The SMILES string of the molecule is NC(=O)COc1cccc(CN2C[C@@H]3CC[C@H](C2)N(CC2CCC2)C3)c1. The smallest absolute Gasteiger partial charge is 0.255 e. The maximum atomic E-state index is 10.9. The minimum Gasteiger partial charge on any atom is -0.484 e. The van der Waals surface area contributed by atoms with Gasteiger partial charge in [-0.2, -0.15) is 0 Å². The molecule has 1 saturated carbocycles. The molecule has 4 fully saturated rings. The number of benzene rings is 1. The second-order valence-corrected chi connectivity index (χ2v) is 8.44. The monoisotopic (exact) mass is 357 g/mol. The lowest BCUT2D eigenvalue weighted by Crippen LogP contribution is -2.46. The van der Waals surface area contributed by atoms with Gasteiger partial charge < -0.3 is 10.5 Å². The standard InChI is InChI=1S/C21H31N3O2/c22-21(25)15-26-20-6-2-5-17(9-20)10-23-11-18-7-8-19(14-23)24(13-18)12-16-3-1-4-16/h2,5-6,9,16,18-19H,1,3-4,7-8,10-15H2,(H2,22,25)/t18-,19+/m0/s1. The molecule has 2 bridgehead atoms. The molecule has 142 valence electrons. The summed E-state index contributed by atoms with van der Waals surface area (Å²) in [7, 11) is 0. The van der Waals surface area contributed by atoms with Crippen molar-refractivity contribution in [1.82, 2.24) is 9.80 Å². The highest BCUT2D eigenvalue weighted by Gasteiger charge is 2.36. The fraction of sp³-hybridized carbons (Fsp3) is 0.667. The molecule has 2 N–H and O–H groups in total. The molecule has 0 aromatic heterocycles. The fourth-order valence-corrected chi connectivity index (χ4v) is 4.78. The molecule has 4 aliphatic rings. The third-order valence-electron chi connectivity index (χ3n) is 6.31. The second-order valence-electron chi connectivity index (χ2n) is 8.44. The molecule has 0 unspecified atom stereocenters. The number of rotatable bonds is 7. The summed E-state index contributed by atoms with van der Waals surface area (Å²) in [5.74, 6) is 2.06. The number of amides is 1. The van der Waals surface area contributed by atoms with Gasteiger partial charge in [0.2, 0.25) is 0 Å². The zero-order valence-corrected chi connectivity index (χ0v) is 15.6. The molecule has 2 atom stereocenters. The average molecular weight is 357 g/mol. The van der Waals surface area contributed by atoms with Crippen LogP contribution in [0.15, 0.2) is 24.3 Å². The Balaban J connectivity index is 1.36. The lowest BCUT2D eigenvalue weighted by molar-refractivity contribution is -0.119. The summed E-state index contributed by atoms with van der Waals surface area (Å²) in [4.78, 5) is 16.3. The molecule has 5 nitrogen and oxygen atoms in total. The van der Waals surface area contributed by atoms with Crippen molar-refractivity contribution in [2.45, 2.75) is 44.7 Å². The molecule has 26 heavy (non-hydrogen) atoms. The molecule has 5 heteroatoms. The van der Waals surface area contributed by atoms with Gasteiger partial charge in [0.05, 0.1) is 0 Å². The van der Waals surface area contributed by atoms with Crippen LogP contribution in [0.5, 0.6) is 5.75 Å². The Labute approximate surface area is 156 Å². The maximum absolute atomic E-state index is 10.9. The predicted octanol–water partition coefficient (Wildman–Crippen LogP) is 2.25. The van der Waals surface area contributed by atoms with E-state index in [9.17, 15) is 4.79 Å². The van der Waals surface area contributed by atoms with Gasteiger partial charge in [0.15, 0.2) is 6.61 Å². The number of carbonyl (C=O) groups is 1. The number of hydrogen-bond acceptors (Lipinski definition) is 4. The normalized spacial score (nSPS) is 27.1. The Morgan fingerprint density at radius 1 is 1.15 bits per heavy atom. The Kier molecular flexibility index (Phi) is 5.46. The first-order chi connectivity index (χ1) is 12.7. The molecular weight excluding hydrogens is 326 g/mol. The van der Waals surface area contributed by atoms with Crippen molar-refractivity contribution >= 4 is 5.91 Å². The molecule has 5 rings (SSSR count). The van der Waals surface area contributed by atoms with E-state index in [1.165, 1.54) is 63.8 Å². The predicted molar refractivity (Wildman–Crippen MR) is 102 cm³/mol. The summed E-state index contributed by atoms with van der Waals surface area (Å²) in [6.07, 6.45) is 7.05. The lowest BCUT2D eigenvalue weighted by atomic mass is 9.83.